The number of aryl methyl sites for hydroxylation is 1. The molecule has 0 bridgehead atoms. The smallest absolute Gasteiger partial charge is 0.267 e. The third kappa shape index (κ3) is 4.11. The number of nitrogens with zero attached hydrogens (tertiary/aromatic N) is 3. The van der Waals surface area contributed by atoms with Crippen LogP contribution in [0.25, 0.3) is 6.08 Å². The summed E-state index contributed by atoms with van der Waals surface area (Å²) in [7, 11) is 0. The molecule has 0 unspecified atom stereocenters. The van der Waals surface area contributed by atoms with Gasteiger partial charge in [0.15, 0.2) is 0 Å². The highest BCUT2D eigenvalue weighted by Gasteiger charge is 2.33. The predicted molar refractivity (Wildman–Crippen MR) is 119 cm³/mol. The molecule has 0 saturated carbocycles. The van der Waals surface area contributed by atoms with Crippen molar-refractivity contribution >= 4 is 57.3 Å². The van der Waals surface area contributed by atoms with Crippen molar-refractivity contribution in [1.82, 2.24) is 9.80 Å². The molecule has 0 spiro atoms. The molecular formula is C20H21N3OS3. The number of benzene rings is 1. The molecule has 1 amide bonds. The standard InChI is InChI=1S/C20H21N3OS3/c1-15-5-2-3-7-17(15)22-10-8-21(9-11-22)14-23-19(24)18(27-20(23)25)13-16-6-4-12-26-16/h2-7,12-13H,8-11,14H2,1H3/b18-13-. The zero-order valence-electron chi connectivity index (χ0n) is 15.1. The highest BCUT2D eigenvalue weighted by atomic mass is 32.2. The molecule has 27 heavy (non-hydrogen) atoms. The van der Waals surface area contributed by atoms with Crippen molar-refractivity contribution in [2.24, 2.45) is 0 Å². The van der Waals surface area contributed by atoms with Gasteiger partial charge in [0.25, 0.3) is 5.91 Å². The largest absolute Gasteiger partial charge is 0.369 e. The van der Waals surface area contributed by atoms with Crippen LogP contribution in [0, 0.1) is 6.92 Å². The molecule has 0 atom stereocenters. The van der Waals surface area contributed by atoms with Crippen LogP contribution in [0.4, 0.5) is 5.69 Å². The molecule has 2 fully saturated rings. The normalized spacial score (nSPS) is 20.1. The molecule has 7 heteroatoms. The van der Waals surface area contributed by atoms with E-state index in [1.54, 1.807) is 16.2 Å². The van der Waals surface area contributed by atoms with Crippen LogP contribution in [-0.4, -0.2) is 52.9 Å². The Morgan fingerprint density at radius 1 is 1.11 bits per heavy atom. The van der Waals surface area contributed by atoms with E-state index in [1.807, 2.05) is 23.6 Å². The van der Waals surface area contributed by atoms with Gasteiger partial charge >= 0.3 is 0 Å². The van der Waals surface area contributed by atoms with Crippen LogP contribution in [0.5, 0.6) is 0 Å². The Hall–Kier alpha value is -1.67. The number of hydrogen-bond donors (Lipinski definition) is 0. The first-order chi connectivity index (χ1) is 13.1. The van der Waals surface area contributed by atoms with E-state index >= 15 is 0 Å². The summed E-state index contributed by atoms with van der Waals surface area (Å²) >= 11 is 8.51. The van der Waals surface area contributed by atoms with Crippen molar-refractivity contribution in [3.8, 4) is 0 Å². The lowest BCUT2D eigenvalue weighted by Gasteiger charge is -2.38. The summed E-state index contributed by atoms with van der Waals surface area (Å²) in [5, 5.41) is 2.01. The van der Waals surface area contributed by atoms with E-state index in [1.165, 1.54) is 23.0 Å². The summed E-state index contributed by atoms with van der Waals surface area (Å²) in [5.74, 6) is 0.0275. The second-order valence-corrected chi connectivity index (χ2v) is 9.31. The topological polar surface area (TPSA) is 26.8 Å². The van der Waals surface area contributed by atoms with Crippen LogP contribution in [0.1, 0.15) is 10.4 Å². The molecule has 2 aromatic rings. The fourth-order valence-corrected chi connectivity index (χ4v) is 5.34. The summed E-state index contributed by atoms with van der Waals surface area (Å²) in [5.41, 5.74) is 2.61. The van der Waals surface area contributed by atoms with Crippen LogP contribution >= 0.6 is 35.3 Å². The van der Waals surface area contributed by atoms with E-state index in [-0.39, 0.29) is 5.91 Å². The number of thiophene rings is 1. The van der Waals surface area contributed by atoms with Crippen molar-refractivity contribution in [2.75, 3.05) is 37.7 Å². The van der Waals surface area contributed by atoms with Gasteiger partial charge < -0.3 is 4.90 Å². The number of thioether (sulfide) groups is 1. The van der Waals surface area contributed by atoms with Crippen LogP contribution in [0.2, 0.25) is 0 Å². The molecule has 3 heterocycles. The summed E-state index contributed by atoms with van der Waals surface area (Å²) in [6.07, 6.45) is 1.94. The molecule has 2 saturated heterocycles. The van der Waals surface area contributed by atoms with E-state index in [2.05, 4.69) is 41.0 Å². The van der Waals surface area contributed by atoms with Crippen molar-refractivity contribution in [3.05, 3.63) is 57.1 Å². The minimum Gasteiger partial charge on any atom is -0.369 e. The van der Waals surface area contributed by atoms with E-state index in [4.69, 9.17) is 12.2 Å². The Morgan fingerprint density at radius 3 is 2.59 bits per heavy atom. The second kappa shape index (κ2) is 8.14. The number of thiocarbonyl (C=S) groups is 1. The van der Waals surface area contributed by atoms with E-state index in [0.717, 1.165) is 36.0 Å². The summed E-state index contributed by atoms with van der Waals surface area (Å²) in [6.45, 7) is 6.51. The summed E-state index contributed by atoms with van der Waals surface area (Å²) < 4.78 is 0.657. The Bertz CT molecular complexity index is 870. The number of carbonyl (C=O) groups is 1. The maximum Gasteiger partial charge on any atom is 0.267 e. The van der Waals surface area contributed by atoms with E-state index in [0.29, 0.717) is 11.0 Å². The molecule has 140 valence electrons. The monoisotopic (exact) mass is 415 g/mol. The van der Waals surface area contributed by atoms with Gasteiger partial charge in [-0.2, -0.15) is 0 Å². The first kappa shape index (κ1) is 18.7. The highest BCUT2D eigenvalue weighted by Crippen LogP contribution is 2.33. The molecular weight excluding hydrogens is 394 g/mol. The number of hydrogen-bond acceptors (Lipinski definition) is 6. The predicted octanol–water partition coefficient (Wildman–Crippen LogP) is 4.04. The van der Waals surface area contributed by atoms with Gasteiger partial charge in [-0.15, -0.1) is 11.3 Å². The molecule has 0 N–H and O–H groups in total. The fourth-order valence-electron chi connectivity index (χ4n) is 3.37. The minimum absolute atomic E-state index is 0.0275. The lowest BCUT2D eigenvalue weighted by atomic mass is 10.1. The van der Waals surface area contributed by atoms with Gasteiger partial charge in [-0.25, -0.2) is 0 Å². The van der Waals surface area contributed by atoms with Gasteiger partial charge in [0.2, 0.25) is 0 Å². The van der Waals surface area contributed by atoms with E-state index < -0.39 is 0 Å². The maximum atomic E-state index is 12.8. The quantitative estimate of drug-likeness (QED) is 0.555. The number of amides is 1. The van der Waals surface area contributed by atoms with Gasteiger partial charge in [0.05, 0.1) is 11.6 Å². The Balaban J connectivity index is 1.37. The van der Waals surface area contributed by atoms with Crippen molar-refractivity contribution in [3.63, 3.8) is 0 Å². The maximum absolute atomic E-state index is 12.8. The lowest BCUT2D eigenvalue weighted by molar-refractivity contribution is -0.123. The molecule has 1 aromatic heterocycles. The molecule has 0 aliphatic carbocycles. The average Bonchev–Trinajstić information content (AvgIpc) is 3.27. The van der Waals surface area contributed by atoms with Crippen LogP contribution in [0.3, 0.4) is 0 Å². The van der Waals surface area contributed by atoms with Gasteiger partial charge in [-0.3, -0.25) is 14.6 Å². The molecule has 1 aromatic carbocycles. The van der Waals surface area contributed by atoms with Gasteiger partial charge in [-0.1, -0.05) is 48.2 Å². The number of anilines is 1. The number of carbonyl (C=O) groups excluding carboxylic acids is 1. The minimum atomic E-state index is 0.0275. The zero-order chi connectivity index (χ0) is 18.8. The second-order valence-electron chi connectivity index (χ2n) is 6.66. The van der Waals surface area contributed by atoms with Crippen LogP contribution in [-0.2, 0) is 4.79 Å². The third-order valence-electron chi connectivity index (χ3n) is 4.86. The molecule has 4 rings (SSSR count). The third-order valence-corrected chi connectivity index (χ3v) is 7.06. The van der Waals surface area contributed by atoms with Crippen molar-refractivity contribution in [2.45, 2.75) is 6.92 Å². The highest BCUT2D eigenvalue weighted by molar-refractivity contribution is 8.26. The lowest BCUT2D eigenvalue weighted by Crippen LogP contribution is -2.51. The first-order valence-electron chi connectivity index (χ1n) is 8.93. The first-order valence-corrected chi connectivity index (χ1v) is 11.0. The van der Waals surface area contributed by atoms with Crippen molar-refractivity contribution in [1.29, 1.82) is 0 Å². The number of rotatable bonds is 4. The van der Waals surface area contributed by atoms with Gasteiger partial charge in [0.1, 0.15) is 4.32 Å². The van der Waals surface area contributed by atoms with Gasteiger partial charge in [-0.05, 0) is 36.1 Å². The SMILES string of the molecule is Cc1ccccc1N1CCN(CN2C(=O)/C(=C/c3cccs3)SC2=S)CC1. The fraction of sp³-hybridized carbons (Fsp3) is 0.300. The van der Waals surface area contributed by atoms with Gasteiger partial charge in [0, 0.05) is 36.7 Å². The Kier molecular flexibility index (Phi) is 5.63. The Labute approximate surface area is 173 Å². The van der Waals surface area contributed by atoms with Crippen molar-refractivity contribution < 1.29 is 4.79 Å². The number of piperazine rings is 1. The van der Waals surface area contributed by atoms with Crippen LogP contribution in [0.15, 0.2) is 46.7 Å². The van der Waals surface area contributed by atoms with E-state index in [9.17, 15) is 4.79 Å². The Morgan fingerprint density at radius 2 is 1.89 bits per heavy atom. The number of para-hydroxylation sites is 1. The average molecular weight is 416 g/mol. The molecule has 2 aliphatic heterocycles. The molecule has 0 radical (unpaired) electrons. The summed E-state index contributed by atoms with van der Waals surface area (Å²) in [4.78, 5) is 21.0. The summed E-state index contributed by atoms with van der Waals surface area (Å²) in [6, 6.07) is 12.5. The zero-order valence-corrected chi connectivity index (χ0v) is 17.6. The van der Waals surface area contributed by atoms with Crippen LogP contribution < -0.4 is 4.90 Å². The molecule has 4 nitrogen and oxygen atoms in total. The molecule has 2 aliphatic rings.